The Balaban J connectivity index is 1.57. The van der Waals surface area contributed by atoms with Crippen LogP contribution < -0.4 is 9.64 Å². The standard InChI is InChI=1S/C29H16FN5O/c1-3-23-25(4-2)36-26-8-6-5-7-24(26)35(23)15-16-9-10-18-27-19(16)11-17(30)12-20(27)29-28(18)33-21(13-31)22(14-32)34-29/h3-12H,1-2,15H2. The van der Waals surface area contributed by atoms with E-state index in [9.17, 15) is 14.9 Å². The first-order valence-corrected chi connectivity index (χ1v) is 11.1. The van der Waals surface area contributed by atoms with E-state index < -0.39 is 5.82 Å². The maximum atomic E-state index is 14.9. The van der Waals surface area contributed by atoms with E-state index in [1.54, 1.807) is 12.2 Å². The number of nitrogens with zero attached hydrogens (tertiary/aromatic N) is 5. The van der Waals surface area contributed by atoms with Crippen LogP contribution in [0.3, 0.4) is 0 Å². The molecule has 6 rings (SSSR count). The fourth-order valence-electron chi connectivity index (χ4n) is 4.89. The van der Waals surface area contributed by atoms with Crippen LogP contribution in [0.4, 0.5) is 10.1 Å². The molecule has 36 heavy (non-hydrogen) atoms. The lowest BCUT2D eigenvalue weighted by Gasteiger charge is -2.33. The molecule has 0 N–H and O–H groups in total. The van der Waals surface area contributed by atoms with Crippen LogP contribution in [0.5, 0.6) is 5.75 Å². The second kappa shape index (κ2) is 7.90. The summed E-state index contributed by atoms with van der Waals surface area (Å²) in [6.07, 6.45) is 3.35. The van der Waals surface area contributed by atoms with Gasteiger partial charge in [-0.1, -0.05) is 37.4 Å². The molecule has 4 aromatic rings. The van der Waals surface area contributed by atoms with E-state index in [1.165, 1.54) is 12.1 Å². The summed E-state index contributed by atoms with van der Waals surface area (Å²) in [5, 5.41) is 20.4. The van der Waals surface area contributed by atoms with Crippen molar-refractivity contribution in [1.82, 2.24) is 9.97 Å². The zero-order chi connectivity index (χ0) is 25.0. The number of fused-ring (bicyclic) bond motifs is 4. The van der Waals surface area contributed by atoms with Crippen LogP contribution in [0.25, 0.3) is 33.3 Å². The number of halogens is 1. The molecule has 3 aromatic carbocycles. The number of nitriles is 2. The number of anilines is 1. The zero-order valence-corrected chi connectivity index (χ0v) is 18.9. The van der Waals surface area contributed by atoms with Gasteiger partial charge in [0.05, 0.1) is 22.8 Å². The van der Waals surface area contributed by atoms with Crippen LogP contribution in [0.2, 0.25) is 0 Å². The van der Waals surface area contributed by atoms with Crippen molar-refractivity contribution in [2.75, 3.05) is 4.90 Å². The molecule has 7 heteroatoms. The van der Waals surface area contributed by atoms with Crippen LogP contribution in [-0.4, -0.2) is 9.97 Å². The quantitative estimate of drug-likeness (QED) is 0.314. The average Bonchev–Trinajstić information content (AvgIpc) is 3.21. The lowest BCUT2D eigenvalue weighted by Crippen LogP contribution is -2.27. The molecule has 2 aliphatic rings. The molecule has 170 valence electrons. The van der Waals surface area contributed by atoms with Crippen molar-refractivity contribution >= 4 is 16.5 Å². The van der Waals surface area contributed by atoms with Crippen molar-refractivity contribution in [3.05, 3.63) is 108 Å². The highest BCUT2D eigenvalue weighted by atomic mass is 19.1. The monoisotopic (exact) mass is 469 g/mol. The Morgan fingerprint density at radius 1 is 0.944 bits per heavy atom. The first-order valence-electron chi connectivity index (χ1n) is 11.1. The van der Waals surface area contributed by atoms with Crippen molar-refractivity contribution in [3.63, 3.8) is 0 Å². The molecular formula is C29H16FN5O. The molecule has 2 heterocycles. The normalized spacial score (nSPS) is 12.9. The largest absolute Gasteiger partial charge is 0.453 e. The van der Waals surface area contributed by atoms with Crippen molar-refractivity contribution in [2.24, 2.45) is 0 Å². The third-order valence-corrected chi connectivity index (χ3v) is 6.41. The lowest BCUT2D eigenvalue weighted by molar-refractivity contribution is 0.427. The van der Waals surface area contributed by atoms with Crippen molar-refractivity contribution < 1.29 is 9.13 Å². The minimum atomic E-state index is -0.429. The summed E-state index contributed by atoms with van der Waals surface area (Å²) in [5.74, 6) is 0.834. The minimum Gasteiger partial charge on any atom is -0.453 e. The maximum Gasteiger partial charge on any atom is 0.177 e. The second-order valence-corrected chi connectivity index (χ2v) is 8.30. The average molecular weight is 469 g/mol. The van der Waals surface area contributed by atoms with Gasteiger partial charge in [-0.15, -0.1) is 0 Å². The Hall–Kier alpha value is -5.27. The van der Waals surface area contributed by atoms with E-state index in [0.29, 0.717) is 40.4 Å². The molecule has 0 spiro atoms. The van der Waals surface area contributed by atoms with E-state index in [-0.39, 0.29) is 11.4 Å². The van der Waals surface area contributed by atoms with Gasteiger partial charge in [-0.3, -0.25) is 0 Å². The molecule has 0 unspecified atom stereocenters. The van der Waals surface area contributed by atoms with Crippen LogP contribution >= 0.6 is 0 Å². The highest BCUT2D eigenvalue weighted by molar-refractivity contribution is 6.14. The number of rotatable bonds is 4. The zero-order valence-electron chi connectivity index (χ0n) is 18.9. The number of para-hydroxylation sites is 2. The molecule has 0 saturated heterocycles. The van der Waals surface area contributed by atoms with Gasteiger partial charge in [-0.25, -0.2) is 14.4 Å². The highest BCUT2D eigenvalue weighted by Crippen LogP contribution is 2.47. The summed E-state index contributed by atoms with van der Waals surface area (Å²) >= 11 is 0. The van der Waals surface area contributed by atoms with Crippen LogP contribution in [0, 0.1) is 28.5 Å². The van der Waals surface area contributed by atoms with E-state index >= 15 is 0 Å². The van der Waals surface area contributed by atoms with Gasteiger partial charge in [0.1, 0.15) is 18.0 Å². The Morgan fingerprint density at radius 2 is 1.67 bits per heavy atom. The Labute approximate surface area is 206 Å². The topological polar surface area (TPSA) is 85.8 Å². The Kier molecular flexibility index (Phi) is 4.67. The summed E-state index contributed by atoms with van der Waals surface area (Å²) in [7, 11) is 0. The van der Waals surface area contributed by atoms with Crippen molar-refractivity contribution in [3.8, 4) is 40.4 Å². The van der Waals surface area contributed by atoms with Crippen molar-refractivity contribution in [1.29, 1.82) is 10.5 Å². The molecule has 1 aromatic heterocycles. The predicted molar refractivity (Wildman–Crippen MR) is 134 cm³/mol. The molecule has 0 fully saturated rings. The van der Waals surface area contributed by atoms with Gasteiger partial charge in [-0.2, -0.15) is 10.5 Å². The highest BCUT2D eigenvalue weighted by Gasteiger charge is 2.30. The Bertz CT molecular complexity index is 1770. The van der Waals surface area contributed by atoms with Gasteiger partial charge in [0, 0.05) is 23.1 Å². The molecule has 0 atom stereocenters. The summed E-state index contributed by atoms with van der Waals surface area (Å²) in [4.78, 5) is 10.8. The van der Waals surface area contributed by atoms with E-state index in [1.807, 2.05) is 48.5 Å². The number of ether oxygens (including phenoxy) is 1. The second-order valence-electron chi connectivity index (χ2n) is 8.30. The fraction of sp³-hybridized carbons (Fsp3) is 0.0345. The molecule has 0 amide bonds. The molecule has 0 bridgehead atoms. The summed E-state index contributed by atoms with van der Waals surface area (Å²) < 4.78 is 21.0. The van der Waals surface area contributed by atoms with Gasteiger partial charge in [0.2, 0.25) is 0 Å². The number of benzene rings is 3. The fourth-order valence-corrected chi connectivity index (χ4v) is 4.89. The number of hydrogen-bond donors (Lipinski definition) is 0. The SMILES string of the molecule is C=CC1=C(C=C)N(Cc2ccc3c4c(cc(F)cc24)-c2nc(C#N)c(C#N)nc2-3)c2ccccc2O1. The summed E-state index contributed by atoms with van der Waals surface area (Å²) in [6.45, 7) is 8.25. The smallest absolute Gasteiger partial charge is 0.177 e. The number of allylic oxidation sites excluding steroid dienone is 2. The van der Waals surface area contributed by atoms with Gasteiger partial charge in [-0.05, 0) is 47.4 Å². The van der Waals surface area contributed by atoms with Gasteiger partial charge < -0.3 is 9.64 Å². The van der Waals surface area contributed by atoms with Crippen LogP contribution in [0.15, 0.2) is 85.3 Å². The first kappa shape index (κ1) is 21.3. The first-order chi connectivity index (χ1) is 17.6. The minimum absolute atomic E-state index is 0.0515. The van der Waals surface area contributed by atoms with Gasteiger partial charge in [0.15, 0.2) is 22.9 Å². The van der Waals surface area contributed by atoms with Crippen LogP contribution in [-0.2, 0) is 6.54 Å². The third kappa shape index (κ3) is 2.94. The summed E-state index contributed by atoms with van der Waals surface area (Å²) in [5.41, 5.74) is 4.51. The third-order valence-electron chi connectivity index (χ3n) is 6.41. The number of aromatic nitrogens is 2. The predicted octanol–water partition coefficient (Wildman–Crippen LogP) is 6.14. The van der Waals surface area contributed by atoms with Gasteiger partial charge >= 0.3 is 0 Å². The van der Waals surface area contributed by atoms with E-state index in [2.05, 4.69) is 28.0 Å². The van der Waals surface area contributed by atoms with Crippen molar-refractivity contribution in [2.45, 2.75) is 6.54 Å². The molecular weight excluding hydrogens is 453 g/mol. The molecule has 1 aliphatic carbocycles. The van der Waals surface area contributed by atoms with Crippen LogP contribution in [0.1, 0.15) is 17.0 Å². The maximum absolute atomic E-state index is 14.9. The molecule has 0 radical (unpaired) electrons. The molecule has 0 saturated carbocycles. The lowest BCUT2D eigenvalue weighted by atomic mass is 9.98. The molecule has 1 aliphatic heterocycles. The van der Waals surface area contributed by atoms with E-state index in [4.69, 9.17) is 4.74 Å². The van der Waals surface area contributed by atoms with Gasteiger partial charge in [0.25, 0.3) is 0 Å². The molecule has 6 nitrogen and oxygen atoms in total. The Morgan fingerprint density at radius 3 is 2.36 bits per heavy atom. The summed E-state index contributed by atoms with van der Waals surface area (Å²) in [6, 6.07) is 18.2. The van der Waals surface area contributed by atoms with E-state index in [0.717, 1.165) is 27.9 Å². The number of hydrogen-bond acceptors (Lipinski definition) is 6.